The Kier molecular flexibility index (Phi) is 4.39. The summed E-state index contributed by atoms with van der Waals surface area (Å²) >= 11 is 9.02. The number of hydrogen-bond acceptors (Lipinski definition) is 3. The monoisotopic (exact) mass is 340 g/mol. The summed E-state index contributed by atoms with van der Waals surface area (Å²) in [5.41, 5.74) is 1.58. The second-order valence-corrected chi connectivity index (χ2v) is 5.24. The normalized spacial score (nSPS) is 10.2. The summed E-state index contributed by atoms with van der Waals surface area (Å²) in [5.74, 6) is 0. The van der Waals surface area contributed by atoms with Gasteiger partial charge < -0.3 is 5.32 Å². The Morgan fingerprint density at radius 3 is 2.53 bits per heavy atom. The van der Waals surface area contributed by atoms with E-state index in [1.807, 2.05) is 12.1 Å². The first-order valence-electron chi connectivity index (χ1n) is 5.48. The van der Waals surface area contributed by atoms with Gasteiger partial charge in [-0.3, -0.25) is 10.1 Å². The first-order chi connectivity index (χ1) is 9.06. The molecular weight excluding hydrogens is 332 g/mol. The van der Waals surface area contributed by atoms with Crippen LogP contribution in [0.1, 0.15) is 5.56 Å². The van der Waals surface area contributed by atoms with Crippen LogP contribution in [-0.4, -0.2) is 4.92 Å². The molecule has 6 heteroatoms. The van der Waals surface area contributed by atoms with Crippen molar-refractivity contribution in [1.82, 2.24) is 0 Å². The highest BCUT2D eigenvalue weighted by Gasteiger charge is 2.13. The lowest BCUT2D eigenvalue weighted by molar-refractivity contribution is -0.385. The Morgan fingerprint density at radius 2 is 1.89 bits per heavy atom. The topological polar surface area (TPSA) is 55.2 Å². The van der Waals surface area contributed by atoms with Gasteiger partial charge in [0, 0.05) is 33.4 Å². The standard InChI is InChI=1S/C13H10BrClN2O2/c14-10-2-1-9(13(7-10)17(18)19)8-16-12-5-3-11(15)4-6-12/h1-7,16H,8H2. The molecule has 0 aliphatic carbocycles. The Morgan fingerprint density at radius 1 is 1.21 bits per heavy atom. The summed E-state index contributed by atoms with van der Waals surface area (Å²) in [7, 11) is 0. The largest absolute Gasteiger partial charge is 0.381 e. The van der Waals surface area contributed by atoms with E-state index in [1.165, 1.54) is 6.07 Å². The summed E-state index contributed by atoms with van der Waals surface area (Å²) in [6, 6.07) is 12.2. The van der Waals surface area contributed by atoms with E-state index in [0.717, 1.165) is 5.69 Å². The lowest BCUT2D eigenvalue weighted by Gasteiger charge is -2.07. The highest BCUT2D eigenvalue weighted by molar-refractivity contribution is 9.10. The third-order valence-electron chi connectivity index (χ3n) is 2.57. The quantitative estimate of drug-likeness (QED) is 0.652. The Bertz CT molecular complexity index is 602. The van der Waals surface area contributed by atoms with Crippen molar-refractivity contribution >= 4 is 38.9 Å². The van der Waals surface area contributed by atoms with Crippen LogP contribution in [0.25, 0.3) is 0 Å². The molecule has 0 heterocycles. The van der Waals surface area contributed by atoms with Crippen LogP contribution < -0.4 is 5.32 Å². The van der Waals surface area contributed by atoms with Gasteiger partial charge in [-0.2, -0.15) is 0 Å². The third-order valence-corrected chi connectivity index (χ3v) is 3.32. The van der Waals surface area contributed by atoms with Gasteiger partial charge in [0.15, 0.2) is 0 Å². The molecule has 0 saturated heterocycles. The van der Waals surface area contributed by atoms with E-state index in [2.05, 4.69) is 21.2 Å². The van der Waals surface area contributed by atoms with Crippen molar-refractivity contribution in [2.75, 3.05) is 5.32 Å². The highest BCUT2D eigenvalue weighted by Crippen LogP contribution is 2.24. The first-order valence-corrected chi connectivity index (χ1v) is 6.65. The molecule has 2 aromatic carbocycles. The second kappa shape index (κ2) is 6.04. The predicted octanol–water partition coefficient (Wildman–Crippen LogP) is 4.62. The minimum absolute atomic E-state index is 0.0934. The van der Waals surface area contributed by atoms with Crippen LogP contribution in [0.2, 0.25) is 5.02 Å². The zero-order valence-corrected chi connectivity index (χ0v) is 12.1. The maximum absolute atomic E-state index is 11.0. The second-order valence-electron chi connectivity index (χ2n) is 3.89. The smallest absolute Gasteiger partial charge is 0.275 e. The SMILES string of the molecule is O=[N+]([O-])c1cc(Br)ccc1CNc1ccc(Cl)cc1. The van der Waals surface area contributed by atoms with Gasteiger partial charge in [0.1, 0.15) is 0 Å². The molecule has 0 fully saturated rings. The molecule has 0 aliphatic rings. The van der Waals surface area contributed by atoms with Crippen molar-refractivity contribution in [3.63, 3.8) is 0 Å². The number of halogens is 2. The fourth-order valence-electron chi connectivity index (χ4n) is 1.62. The molecule has 19 heavy (non-hydrogen) atoms. The molecular formula is C13H10BrClN2O2. The van der Waals surface area contributed by atoms with Gasteiger partial charge in [0.2, 0.25) is 0 Å². The number of benzene rings is 2. The minimum atomic E-state index is -0.385. The molecule has 2 rings (SSSR count). The minimum Gasteiger partial charge on any atom is -0.381 e. The molecule has 2 aromatic rings. The molecule has 0 unspecified atom stereocenters. The van der Waals surface area contributed by atoms with Crippen molar-refractivity contribution < 1.29 is 4.92 Å². The van der Waals surface area contributed by atoms with Gasteiger partial charge in [0.05, 0.1) is 4.92 Å². The van der Waals surface area contributed by atoms with Crippen molar-refractivity contribution in [2.24, 2.45) is 0 Å². The summed E-state index contributed by atoms with van der Waals surface area (Å²) < 4.78 is 0.689. The van der Waals surface area contributed by atoms with Gasteiger partial charge in [-0.05, 0) is 36.4 Å². The van der Waals surface area contributed by atoms with Gasteiger partial charge >= 0.3 is 0 Å². The Labute approximate surface area is 123 Å². The van der Waals surface area contributed by atoms with E-state index >= 15 is 0 Å². The lowest BCUT2D eigenvalue weighted by Crippen LogP contribution is -2.03. The average molecular weight is 342 g/mol. The van der Waals surface area contributed by atoms with Gasteiger partial charge in [-0.15, -0.1) is 0 Å². The molecule has 0 bridgehead atoms. The van der Waals surface area contributed by atoms with Crippen molar-refractivity contribution in [3.8, 4) is 0 Å². The van der Waals surface area contributed by atoms with E-state index in [0.29, 0.717) is 21.6 Å². The molecule has 4 nitrogen and oxygen atoms in total. The zero-order valence-electron chi connectivity index (χ0n) is 9.77. The van der Waals surface area contributed by atoms with Crippen LogP contribution in [0.5, 0.6) is 0 Å². The summed E-state index contributed by atoms with van der Waals surface area (Å²) in [6.07, 6.45) is 0. The maximum atomic E-state index is 11.0. The molecule has 0 atom stereocenters. The maximum Gasteiger partial charge on any atom is 0.275 e. The Balaban J connectivity index is 2.15. The van der Waals surface area contributed by atoms with Gasteiger partial charge in [0.25, 0.3) is 5.69 Å². The van der Waals surface area contributed by atoms with Crippen molar-refractivity contribution in [2.45, 2.75) is 6.54 Å². The first kappa shape index (κ1) is 13.8. The van der Waals surface area contributed by atoms with Crippen LogP contribution in [-0.2, 0) is 6.54 Å². The Hall–Kier alpha value is -1.59. The molecule has 0 amide bonds. The van der Waals surface area contributed by atoms with Crippen molar-refractivity contribution in [3.05, 3.63) is 67.6 Å². The fourth-order valence-corrected chi connectivity index (χ4v) is 2.10. The van der Waals surface area contributed by atoms with E-state index < -0.39 is 0 Å². The van der Waals surface area contributed by atoms with Crippen molar-refractivity contribution in [1.29, 1.82) is 0 Å². The van der Waals surface area contributed by atoms with Crippen LogP contribution in [0, 0.1) is 10.1 Å². The number of nitro benzene ring substituents is 1. The van der Waals surface area contributed by atoms with Crippen LogP contribution in [0.15, 0.2) is 46.9 Å². The number of nitrogens with zero attached hydrogens (tertiary/aromatic N) is 1. The molecule has 0 saturated carbocycles. The third kappa shape index (κ3) is 3.68. The highest BCUT2D eigenvalue weighted by atomic mass is 79.9. The summed E-state index contributed by atoms with van der Waals surface area (Å²) in [6.45, 7) is 0.380. The predicted molar refractivity (Wildman–Crippen MR) is 79.6 cm³/mol. The van der Waals surface area contributed by atoms with E-state index in [9.17, 15) is 10.1 Å². The fraction of sp³-hybridized carbons (Fsp3) is 0.0769. The molecule has 1 N–H and O–H groups in total. The molecule has 0 aromatic heterocycles. The van der Waals surface area contributed by atoms with E-state index in [1.54, 1.807) is 24.3 Å². The van der Waals surface area contributed by atoms with Crippen LogP contribution in [0.3, 0.4) is 0 Å². The average Bonchev–Trinajstić information content (AvgIpc) is 2.39. The van der Waals surface area contributed by atoms with Gasteiger partial charge in [-0.1, -0.05) is 27.5 Å². The summed E-state index contributed by atoms with van der Waals surface area (Å²) in [4.78, 5) is 10.6. The molecule has 0 spiro atoms. The molecule has 0 radical (unpaired) electrons. The number of rotatable bonds is 4. The zero-order chi connectivity index (χ0) is 13.8. The van der Waals surface area contributed by atoms with E-state index in [-0.39, 0.29) is 10.6 Å². The van der Waals surface area contributed by atoms with Crippen LogP contribution in [0.4, 0.5) is 11.4 Å². The molecule has 98 valence electrons. The number of nitro groups is 1. The number of anilines is 1. The molecule has 0 aliphatic heterocycles. The number of hydrogen-bond donors (Lipinski definition) is 1. The lowest BCUT2D eigenvalue weighted by atomic mass is 10.2. The van der Waals surface area contributed by atoms with Crippen LogP contribution >= 0.6 is 27.5 Å². The number of nitrogens with one attached hydrogen (secondary N) is 1. The van der Waals surface area contributed by atoms with E-state index in [4.69, 9.17) is 11.6 Å². The summed E-state index contributed by atoms with van der Waals surface area (Å²) in [5, 5.41) is 14.7. The van der Waals surface area contributed by atoms with Gasteiger partial charge in [-0.25, -0.2) is 0 Å².